The van der Waals surface area contributed by atoms with E-state index in [0.717, 1.165) is 0 Å². The molecule has 0 fully saturated rings. The molecule has 1 amide bonds. The molecule has 1 atom stereocenters. The van der Waals surface area contributed by atoms with E-state index < -0.39 is 0 Å². The molecule has 0 saturated heterocycles. The largest absolute Gasteiger partial charge is 0.359 e. The Morgan fingerprint density at radius 2 is 2.18 bits per heavy atom. The minimum atomic E-state index is -0.381. The van der Waals surface area contributed by atoms with E-state index in [0.29, 0.717) is 12.6 Å². The van der Waals surface area contributed by atoms with Gasteiger partial charge in [0.05, 0.1) is 5.41 Å². The number of amides is 1. The second kappa shape index (κ2) is 5.65. The van der Waals surface area contributed by atoms with Crippen LogP contribution in [-0.2, 0) is 4.79 Å². The smallest absolute Gasteiger partial charge is 0.226 e. The van der Waals surface area contributed by atoms with Crippen molar-refractivity contribution in [2.45, 2.75) is 33.7 Å². The van der Waals surface area contributed by atoms with Crippen LogP contribution in [0.15, 0.2) is 11.4 Å². The zero-order valence-corrected chi connectivity index (χ0v) is 12.1. The number of carbonyl (C=O) groups excluding carboxylic acids is 1. The zero-order chi connectivity index (χ0) is 13.1. The van der Waals surface area contributed by atoms with Crippen LogP contribution < -0.4 is 10.6 Å². The molecule has 0 aliphatic rings. The van der Waals surface area contributed by atoms with Crippen LogP contribution in [0, 0.1) is 12.3 Å². The van der Waals surface area contributed by atoms with Gasteiger partial charge in [0.1, 0.15) is 0 Å². The minimum absolute atomic E-state index is 0.0695. The molecule has 0 spiro atoms. The normalized spacial score (nSPS) is 13.5. The van der Waals surface area contributed by atoms with E-state index in [1.54, 1.807) is 18.4 Å². The molecule has 1 unspecified atom stereocenters. The molecule has 3 nitrogen and oxygen atoms in total. The van der Waals surface area contributed by atoms with Gasteiger partial charge in [-0.2, -0.15) is 0 Å². The molecule has 0 radical (unpaired) electrons. The van der Waals surface area contributed by atoms with E-state index >= 15 is 0 Å². The predicted octanol–water partition coefficient (Wildman–Crippen LogP) is 2.48. The van der Waals surface area contributed by atoms with Gasteiger partial charge in [-0.3, -0.25) is 4.79 Å². The van der Waals surface area contributed by atoms with Crippen molar-refractivity contribution >= 4 is 17.2 Å². The second-order valence-corrected chi connectivity index (χ2v) is 5.98. The zero-order valence-electron chi connectivity index (χ0n) is 11.3. The lowest BCUT2D eigenvalue weighted by molar-refractivity contribution is -0.128. The topological polar surface area (TPSA) is 41.1 Å². The third-order valence-corrected chi connectivity index (χ3v) is 4.19. The summed E-state index contributed by atoms with van der Waals surface area (Å²) >= 11 is 1.76. The van der Waals surface area contributed by atoms with Crippen molar-refractivity contribution in [3.8, 4) is 0 Å². The molecular weight excluding hydrogens is 232 g/mol. The molecule has 4 heteroatoms. The van der Waals surface area contributed by atoms with Crippen LogP contribution in [0.4, 0.5) is 0 Å². The summed E-state index contributed by atoms with van der Waals surface area (Å²) in [7, 11) is 1.68. The second-order valence-electron chi connectivity index (χ2n) is 5.03. The van der Waals surface area contributed by atoms with E-state index in [-0.39, 0.29) is 11.3 Å². The van der Waals surface area contributed by atoms with Crippen molar-refractivity contribution in [1.82, 2.24) is 10.6 Å². The van der Waals surface area contributed by atoms with E-state index in [1.807, 2.05) is 13.8 Å². The lowest BCUT2D eigenvalue weighted by Gasteiger charge is -2.25. The standard InChI is InChI=1S/C13H22N2OS/c1-9-6-7-17-11(9)10(2)15-8-13(3,4)12(16)14-5/h6-7,10,15H,8H2,1-5H3,(H,14,16). The van der Waals surface area contributed by atoms with Gasteiger partial charge < -0.3 is 10.6 Å². The van der Waals surface area contributed by atoms with Crippen LogP contribution in [0.25, 0.3) is 0 Å². The maximum atomic E-state index is 11.7. The number of rotatable bonds is 5. The van der Waals surface area contributed by atoms with Gasteiger partial charge in [-0.25, -0.2) is 0 Å². The van der Waals surface area contributed by atoms with Gasteiger partial charge in [-0.1, -0.05) is 0 Å². The summed E-state index contributed by atoms with van der Waals surface area (Å²) in [6, 6.07) is 2.42. The molecule has 96 valence electrons. The summed E-state index contributed by atoms with van der Waals surface area (Å²) in [6.07, 6.45) is 0. The first kappa shape index (κ1) is 14.2. The number of carbonyl (C=O) groups is 1. The molecule has 1 aromatic heterocycles. The third-order valence-electron chi connectivity index (χ3n) is 2.99. The number of aryl methyl sites for hydroxylation is 1. The highest BCUT2D eigenvalue weighted by Crippen LogP contribution is 2.24. The van der Waals surface area contributed by atoms with Crippen LogP contribution in [0.2, 0.25) is 0 Å². The SMILES string of the molecule is CNC(=O)C(C)(C)CNC(C)c1sccc1C. The molecule has 0 bridgehead atoms. The Kier molecular flexibility index (Phi) is 4.71. The van der Waals surface area contributed by atoms with Gasteiger partial charge in [0.2, 0.25) is 5.91 Å². The fourth-order valence-electron chi connectivity index (χ4n) is 1.75. The highest BCUT2D eigenvalue weighted by Gasteiger charge is 2.27. The maximum Gasteiger partial charge on any atom is 0.226 e. The van der Waals surface area contributed by atoms with Crippen LogP contribution in [-0.4, -0.2) is 19.5 Å². The van der Waals surface area contributed by atoms with Gasteiger partial charge in [0.15, 0.2) is 0 Å². The molecule has 0 saturated carbocycles. The van der Waals surface area contributed by atoms with E-state index in [1.165, 1.54) is 10.4 Å². The molecule has 0 aliphatic carbocycles. The summed E-state index contributed by atoms with van der Waals surface area (Å²) in [5, 5.41) is 8.23. The molecule has 1 heterocycles. The highest BCUT2D eigenvalue weighted by molar-refractivity contribution is 7.10. The van der Waals surface area contributed by atoms with E-state index in [4.69, 9.17) is 0 Å². The van der Waals surface area contributed by atoms with Crippen LogP contribution >= 0.6 is 11.3 Å². The van der Waals surface area contributed by atoms with Crippen molar-refractivity contribution in [2.24, 2.45) is 5.41 Å². The Labute approximate surface area is 108 Å². The van der Waals surface area contributed by atoms with Gasteiger partial charge >= 0.3 is 0 Å². The highest BCUT2D eigenvalue weighted by atomic mass is 32.1. The Morgan fingerprint density at radius 3 is 2.65 bits per heavy atom. The molecular formula is C13H22N2OS. The third kappa shape index (κ3) is 3.54. The van der Waals surface area contributed by atoms with E-state index in [9.17, 15) is 4.79 Å². The predicted molar refractivity (Wildman–Crippen MR) is 73.3 cm³/mol. The lowest BCUT2D eigenvalue weighted by atomic mass is 9.92. The fraction of sp³-hybridized carbons (Fsp3) is 0.615. The molecule has 1 rings (SSSR count). The first-order valence-corrected chi connectivity index (χ1v) is 6.76. The molecule has 1 aromatic rings. The summed E-state index contributed by atoms with van der Waals surface area (Å²) in [5.74, 6) is 0.0695. The van der Waals surface area contributed by atoms with E-state index in [2.05, 4.69) is 35.9 Å². The Balaban J connectivity index is 2.57. The number of nitrogens with one attached hydrogen (secondary N) is 2. The lowest BCUT2D eigenvalue weighted by Crippen LogP contribution is -2.42. The average Bonchev–Trinajstić information content (AvgIpc) is 2.71. The Bertz CT molecular complexity index is 385. The van der Waals surface area contributed by atoms with Gasteiger partial charge in [-0.15, -0.1) is 11.3 Å². The summed E-state index contributed by atoms with van der Waals surface area (Å²) < 4.78 is 0. The van der Waals surface area contributed by atoms with Gasteiger partial charge in [0.25, 0.3) is 0 Å². The molecule has 17 heavy (non-hydrogen) atoms. The number of hydrogen-bond acceptors (Lipinski definition) is 3. The quantitative estimate of drug-likeness (QED) is 0.847. The molecule has 0 aliphatic heterocycles. The van der Waals surface area contributed by atoms with Crippen LogP contribution in [0.1, 0.15) is 37.3 Å². The summed E-state index contributed by atoms with van der Waals surface area (Å²) in [5.41, 5.74) is 0.932. The fourth-order valence-corrected chi connectivity index (χ4v) is 2.71. The van der Waals surface area contributed by atoms with Crippen molar-refractivity contribution in [1.29, 1.82) is 0 Å². The monoisotopic (exact) mass is 254 g/mol. The van der Waals surface area contributed by atoms with Crippen molar-refractivity contribution in [3.05, 3.63) is 21.9 Å². The molecule has 2 N–H and O–H groups in total. The minimum Gasteiger partial charge on any atom is -0.359 e. The Hall–Kier alpha value is -0.870. The number of hydrogen-bond donors (Lipinski definition) is 2. The van der Waals surface area contributed by atoms with Gasteiger partial charge in [-0.05, 0) is 44.7 Å². The number of thiophene rings is 1. The average molecular weight is 254 g/mol. The van der Waals surface area contributed by atoms with Crippen molar-refractivity contribution < 1.29 is 4.79 Å². The van der Waals surface area contributed by atoms with Crippen LogP contribution in [0.3, 0.4) is 0 Å². The van der Waals surface area contributed by atoms with Crippen molar-refractivity contribution in [3.63, 3.8) is 0 Å². The first-order chi connectivity index (χ1) is 7.88. The van der Waals surface area contributed by atoms with Crippen molar-refractivity contribution in [2.75, 3.05) is 13.6 Å². The summed E-state index contributed by atoms with van der Waals surface area (Å²) in [4.78, 5) is 13.0. The molecule has 0 aromatic carbocycles. The van der Waals surface area contributed by atoms with Crippen LogP contribution in [0.5, 0.6) is 0 Å². The first-order valence-electron chi connectivity index (χ1n) is 5.88. The summed E-state index contributed by atoms with van der Waals surface area (Å²) in [6.45, 7) is 8.83. The van der Waals surface area contributed by atoms with Gasteiger partial charge in [0, 0.05) is 24.5 Å². The Morgan fingerprint density at radius 1 is 1.53 bits per heavy atom. The maximum absolute atomic E-state index is 11.7.